The summed E-state index contributed by atoms with van der Waals surface area (Å²) in [4.78, 5) is 12.4. The van der Waals surface area contributed by atoms with E-state index in [4.69, 9.17) is 16.2 Å². The Morgan fingerprint density at radius 2 is 1.65 bits per heavy atom. The highest BCUT2D eigenvalue weighted by Crippen LogP contribution is 2.23. The second kappa shape index (κ2) is 12.4. The van der Waals surface area contributed by atoms with Crippen LogP contribution in [0.1, 0.15) is 59.1 Å². The number of nitrogens with zero attached hydrogens (tertiary/aromatic N) is 2. The van der Waals surface area contributed by atoms with Gasteiger partial charge in [0.1, 0.15) is 5.84 Å². The molecule has 0 aliphatic rings. The quantitative estimate of drug-likeness (QED) is 0.216. The van der Waals surface area contributed by atoms with Gasteiger partial charge in [0.25, 0.3) is 0 Å². The third-order valence-electron chi connectivity index (χ3n) is 4.53. The fraction of sp³-hybridized carbons (Fsp3) is 0.609. The molecule has 1 aromatic rings. The van der Waals surface area contributed by atoms with Crippen LogP contribution in [0.3, 0.4) is 0 Å². The van der Waals surface area contributed by atoms with Crippen LogP contribution in [0.4, 0.5) is 0 Å². The number of rotatable bonds is 13. The zero-order valence-electron chi connectivity index (χ0n) is 19.9. The number of carbonyl (C=O) groups excluding carboxylic acids is 1. The molecule has 0 fully saturated rings. The number of ether oxygens (including phenoxy) is 1. The Balaban J connectivity index is 2.46. The standard InChI is InChI=1S/C23H40N6O2/c1-7-26-14-23(5,6)16-31-15-22(3,4)12-20(30)27-13-18-8-10-19(11-9-18)21(25)29-28-17(2)24/h8-11,26H,7,12-16H2,1-6H3,(H2,24,28)(H2,25,29)(H,27,30). The highest BCUT2D eigenvalue weighted by atomic mass is 16.5. The topological polar surface area (TPSA) is 127 Å². The predicted octanol–water partition coefficient (Wildman–Crippen LogP) is 2.37. The third kappa shape index (κ3) is 11.5. The van der Waals surface area contributed by atoms with Gasteiger partial charge in [0.05, 0.1) is 13.2 Å². The van der Waals surface area contributed by atoms with E-state index in [1.807, 2.05) is 38.1 Å². The van der Waals surface area contributed by atoms with Gasteiger partial charge in [-0.15, -0.1) is 10.2 Å². The van der Waals surface area contributed by atoms with Crippen molar-refractivity contribution in [2.75, 3.05) is 26.3 Å². The van der Waals surface area contributed by atoms with Crippen molar-refractivity contribution in [1.82, 2.24) is 10.6 Å². The number of hydrogen-bond donors (Lipinski definition) is 4. The lowest BCUT2D eigenvalue weighted by Gasteiger charge is -2.29. The van der Waals surface area contributed by atoms with Crippen molar-refractivity contribution >= 4 is 17.6 Å². The first-order chi connectivity index (χ1) is 14.4. The van der Waals surface area contributed by atoms with E-state index in [-0.39, 0.29) is 22.6 Å². The second-order valence-corrected chi connectivity index (χ2v) is 9.48. The number of hydrogen-bond acceptors (Lipinski definition) is 5. The maximum atomic E-state index is 12.4. The molecule has 1 amide bonds. The monoisotopic (exact) mass is 432 g/mol. The fourth-order valence-electron chi connectivity index (χ4n) is 2.85. The number of amidine groups is 2. The van der Waals surface area contributed by atoms with E-state index in [9.17, 15) is 4.79 Å². The number of nitrogens with one attached hydrogen (secondary N) is 2. The van der Waals surface area contributed by atoms with Gasteiger partial charge < -0.3 is 26.8 Å². The minimum absolute atomic E-state index is 0.00146. The molecule has 1 aromatic carbocycles. The maximum absolute atomic E-state index is 12.4. The largest absolute Gasteiger partial charge is 0.386 e. The lowest BCUT2D eigenvalue weighted by Crippen LogP contribution is -2.35. The molecule has 0 aromatic heterocycles. The van der Waals surface area contributed by atoms with Crippen LogP contribution in [0.2, 0.25) is 0 Å². The lowest BCUT2D eigenvalue weighted by atomic mass is 9.89. The van der Waals surface area contributed by atoms with Crippen LogP contribution < -0.4 is 22.1 Å². The molecule has 174 valence electrons. The van der Waals surface area contributed by atoms with Crippen LogP contribution in [0.15, 0.2) is 34.5 Å². The molecule has 0 atom stereocenters. The summed E-state index contributed by atoms with van der Waals surface area (Å²) >= 11 is 0. The van der Waals surface area contributed by atoms with E-state index in [2.05, 4.69) is 41.6 Å². The number of benzene rings is 1. The molecule has 0 spiro atoms. The molecule has 6 N–H and O–H groups in total. The molecule has 8 nitrogen and oxygen atoms in total. The maximum Gasteiger partial charge on any atom is 0.220 e. The van der Waals surface area contributed by atoms with Crippen LogP contribution in [-0.4, -0.2) is 43.9 Å². The van der Waals surface area contributed by atoms with E-state index < -0.39 is 0 Å². The van der Waals surface area contributed by atoms with Crippen LogP contribution >= 0.6 is 0 Å². The summed E-state index contributed by atoms with van der Waals surface area (Å²) in [6, 6.07) is 7.48. The van der Waals surface area contributed by atoms with Gasteiger partial charge in [0.2, 0.25) is 5.91 Å². The van der Waals surface area contributed by atoms with Crippen molar-refractivity contribution in [3.8, 4) is 0 Å². The molecule has 0 saturated heterocycles. The molecule has 0 heterocycles. The van der Waals surface area contributed by atoms with E-state index in [1.54, 1.807) is 6.92 Å². The normalized spacial score (nSPS) is 13.4. The molecule has 0 saturated carbocycles. The molecule has 0 bridgehead atoms. The van der Waals surface area contributed by atoms with E-state index in [1.165, 1.54) is 0 Å². The minimum atomic E-state index is -0.241. The molecule has 0 unspecified atom stereocenters. The van der Waals surface area contributed by atoms with Crippen LogP contribution in [0.25, 0.3) is 0 Å². The summed E-state index contributed by atoms with van der Waals surface area (Å²) in [6.07, 6.45) is 0.398. The summed E-state index contributed by atoms with van der Waals surface area (Å²) in [6.45, 7) is 15.7. The Kier molecular flexibility index (Phi) is 10.6. The smallest absolute Gasteiger partial charge is 0.220 e. The molecular formula is C23H40N6O2. The van der Waals surface area contributed by atoms with Crippen molar-refractivity contribution in [3.05, 3.63) is 35.4 Å². The Hall–Kier alpha value is -2.45. The van der Waals surface area contributed by atoms with Crippen LogP contribution in [0.5, 0.6) is 0 Å². The third-order valence-corrected chi connectivity index (χ3v) is 4.53. The van der Waals surface area contributed by atoms with Gasteiger partial charge in [-0.3, -0.25) is 4.79 Å². The Labute approximate surface area is 186 Å². The van der Waals surface area contributed by atoms with Crippen molar-refractivity contribution in [2.24, 2.45) is 32.5 Å². The van der Waals surface area contributed by atoms with Gasteiger partial charge in [-0.25, -0.2) is 0 Å². The number of carbonyl (C=O) groups is 1. The predicted molar refractivity (Wildman–Crippen MR) is 128 cm³/mol. The Morgan fingerprint density at radius 1 is 1.03 bits per heavy atom. The zero-order valence-corrected chi connectivity index (χ0v) is 19.9. The minimum Gasteiger partial charge on any atom is -0.386 e. The van der Waals surface area contributed by atoms with E-state index in [0.717, 1.165) is 24.2 Å². The molecule has 1 rings (SSSR count). The van der Waals surface area contributed by atoms with Gasteiger partial charge >= 0.3 is 0 Å². The van der Waals surface area contributed by atoms with Gasteiger partial charge in [-0.05, 0) is 24.4 Å². The summed E-state index contributed by atoms with van der Waals surface area (Å²) < 4.78 is 5.93. The first kappa shape index (κ1) is 26.6. The van der Waals surface area contributed by atoms with Gasteiger partial charge in [0, 0.05) is 30.5 Å². The molecular weight excluding hydrogens is 392 g/mol. The van der Waals surface area contributed by atoms with Crippen LogP contribution in [0, 0.1) is 10.8 Å². The summed E-state index contributed by atoms with van der Waals surface area (Å²) in [7, 11) is 0. The highest BCUT2D eigenvalue weighted by molar-refractivity contribution is 5.97. The molecule has 0 aliphatic heterocycles. The lowest BCUT2D eigenvalue weighted by molar-refractivity contribution is -0.124. The van der Waals surface area contributed by atoms with Gasteiger partial charge in [-0.2, -0.15) is 0 Å². The van der Waals surface area contributed by atoms with Crippen LogP contribution in [-0.2, 0) is 16.1 Å². The van der Waals surface area contributed by atoms with E-state index in [0.29, 0.717) is 32.0 Å². The second-order valence-electron chi connectivity index (χ2n) is 9.48. The number of amides is 1. The van der Waals surface area contributed by atoms with E-state index >= 15 is 0 Å². The average Bonchev–Trinajstić information content (AvgIpc) is 2.68. The summed E-state index contributed by atoms with van der Waals surface area (Å²) in [5.74, 6) is 0.627. The van der Waals surface area contributed by atoms with Gasteiger partial charge in [-0.1, -0.05) is 58.9 Å². The highest BCUT2D eigenvalue weighted by Gasteiger charge is 2.24. The zero-order chi connectivity index (χ0) is 23.5. The molecule has 31 heavy (non-hydrogen) atoms. The average molecular weight is 433 g/mol. The van der Waals surface area contributed by atoms with Gasteiger partial charge in [0.15, 0.2) is 5.84 Å². The molecule has 0 radical (unpaired) electrons. The first-order valence-electron chi connectivity index (χ1n) is 10.7. The Bertz CT molecular complexity index is 750. The van der Waals surface area contributed by atoms with Crippen molar-refractivity contribution in [1.29, 1.82) is 0 Å². The molecule has 0 aliphatic carbocycles. The van der Waals surface area contributed by atoms with Crippen molar-refractivity contribution < 1.29 is 9.53 Å². The summed E-state index contributed by atoms with van der Waals surface area (Å²) in [5, 5.41) is 13.9. The first-order valence-corrected chi connectivity index (χ1v) is 10.7. The fourth-order valence-corrected chi connectivity index (χ4v) is 2.85. The SMILES string of the molecule is CCNCC(C)(C)COCC(C)(C)CC(=O)NCc1ccc(/C(N)=N/N=C(/C)N)cc1. The molecule has 8 heteroatoms. The Morgan fingerprint density at radius 3 is 2.23 bits per heavy atom. The number of nitrogens with two attached hydrogens (primary N) is 2. The van der Waals surface area contributed by atoms with Crippen molar-refractivity contribution in [2.45, 2.75) is 54.5 Å². The summed E-state index contributed by atoms with van der Waals surface area (Å²) in [5.41, 5.74) is 12.9. The van der Waals surface area contributed by atoms with Crippen molar-refractivity contribution in [3.63, 3.8) is 0 Å².